The lowest BCUT2D eigenvalue weighted by molar-refractivity contribution is 0.474. The van der Waals surface area contributed by atoms with Gasteiger partial charge in [-0.2, -0.15) is 0 Å². The Morgan fingerprint density at radius 3 is 2.44 bits per heavy atom. The van der Waals surface area contributed by atoms with E-state index in [4.69, 9.17) is 0 Å². The zero-order valence-corrected chi connectivity index (χ0v) is 9.57. The third kappa shape index (κ3) is 2.19. The molecule has 0 unspecified atom stereocenters. The predicted octanol–water partition coefficient (Wildman–Crippen LogP) is 2.55. The maximum atomic E-state index is 9.34. The molecule has 0 aliphatic rings. The lowest BCUT2D eigenvalue weighted by Gasteiger charge is -2.12. The van der Waals surface area contributed by atoms with E-state index < -0.39 is 0 Å². The highest BCUT2D eigenvalue weighted by Gasteiger charge is 2.00. The van der Waals surface area contributed by atoms with Gasteiger partial charge in [0.1, 0.15) is 5.75 Å². The molecule has 16 heavy (non-hydrogen) atoms. The van der Waals surface area contributed by atoms with Crippen molar-refractivity contribution in [3.63, 3.8) is 0 Å². The van der Waals surface area contributed by atoms with Crippen molar-refractivity contribution in [2.24, 2.45) is 0 Å². The summed E-state index contributed by atoms with van der Waals surface area (Å²) >= 11 is 0. The minimum Gasteiger partial charge on any atom is -0.508 e. The maximum absolute atomic E-state index is 9.34. The largest absolute Gasteiger partial charge is 0.508 e. The fourth-order valence-corrected chi connectivity index (χ4v) is 1.75. The van der Waals surface area contributed by atoms with E-state index in [2.05, 4.69) is 31.4 Å². The van der Waals surface area contributed by atoms with Gasteiger partial charge in [0.15, 0.2) is 0 Å². The van der Waals surface area contributed by atoms with Gasteiger partial charge < -0.3 is 10.5 Å². The minimum atomic E-state index is 0.306. The van der Waals surface area contributed by atoms with Gasteiger partial charge in [0, 0.05) is 11.4 Å². The van der Waals surface area contributed by atoms with E-state index in [9.17, 15) is 5.11 Å². The van der Waals surface area contributed by atoms with Gasteiger partial charge in [-0.25, -0.2) is 0 Å². The third-order valence-electron chi connectivity index (χ3n) is 2.62. The lowest BCUT2D eigenvalue weighted by atomic mass is 10.2. The molecule has 1 heterocycles. The Bertz CT molecular complexity index is 469. The molecular weight excluding hydrogens is 200 g/mol. The molecule has 2 N–H and O–H groups in total. The van der Waals surface area contributed by atoms with Crippen LogP contribution in [0.5, 0.6) is 5.75 Å². The molecule has 0 radical (unpaired) electrons. The Kier molecular flexibility index (Phi) is 2.86. The first kappa shape index (κ1) is 10.6. The fourth-order valence-electron chi connectivity index (χ4n) is 1.75. The average molecular weight is 216 g/mol. The van der Waals surface area contributed by atoms with Crippen molar-refractivity contribution in [3.05, 3.63) is 53.3 Å². The summed E-state index contributed by atoms with van der Waals surface area (Å²) in [7, 11) is 0. The Hall–Kier alpha value is -1.90. The van der Waals surface area contributed by atoms with Crippen molar-refractivity contribution in [1.82, 2.24) is 4.68 Å². The number of hydrogen-bond acceptors (Lipinski definition) is 2. The van der Waals surface area contributed by atoms with E-state index in [0.717, 1.165) is 5.56 Å². The first-order chi connectivity index (χ1) is 7.66. The molecule has 0 aliphatic carbocycles. The summed E-state index contributed by atoms with van der Waals surface area (Å²) in [5.41, 5.74) is 6.73. The smallest absolute Gasteiger partial charge is 0.115 e. The summed E-state index contributed by atoms with van der Waals surface area (Å²) in [5, 5.41) is 9.34. The topological polar surface area (TPSA) is 37.2 Å². The maximum Gasteiger partial charge on any atom is 0.115 e. The third-order valence-corrected chi connectivity index (χ3v) is 2.62. The highest BCUT2D eigenvalue weighted by atomic mass is 16.3. The molecule has 0 fully saturated rings. The van der Waals surface area contributed by atoms with Gasteiger partial charge in [-0.15, -0.1) is 0 Å². The van der Waals surface area contributed by atoms with Crippen LogP contribution in [0.3, 0.4) is 0 Å². The van der Waals surface area contributed by atoms with Crippen LogP contribution in [0.2, 0.25) is 0 Å². The zero-order chi connectivity index (χ0) is 11.5. The van der Waals surface area contributed by atoms with Crippen LogP contribution in [-0.2, 0) is 6.54 Å². The van der Waals surface area contributed by atoms with Crippen LogP contribution in [0, 0.1) is 13.8 Å². The fraction of sp³-hybridized carbons (Fsp3) is 0.231. The number of aromatic nitrogens is 1. The molecule has 3 nitrogen and oxygen atoms in total. The summed E-state index contributed by atoms with van der Waals surface area (Å²) in [6, 6.07) is 11.4. The molecule has 0 aliphatic heterocycles. The number of aryl methyl sites for hydroxylation is 2. The summed E-state index contributed by atoms with van der Waals surface area (Å²) in [6.07, 6.45) is 0. The molecular formula is C13H16N2O. The van der Waals surface area contributed by atoms with Crippen molar-refractivity contribution in [2.75, 3.05) is 5.43 Å². The van der Waals surface area contributed by atoms with Gasteiger partial charge >= 0.3 is 0 Å². The van der Waals surface area contributed by atoms with E-state index in [1.54, 1.807) is 12.1 Å². The van der Waals surface area contributed by atoms with Crippen LogP contribution in [0.4, 0.5) is 0 Å². The van der Waals surface area contributed by atoms with E-state index in [1.807, 2.05) is 16.8 Å². The lowest BCUT2D eigenvalue weighted by Crippen LogP contribution is -2.16. The highest BCUT2D eigenvalue weighted by Crippen LogP contribution is 2.11. The van der Waals surface area contributed by atoms with Crippen molar-refractivity contribution in [2.45, 2.75) is 20.4 Å². The average Bonchev–Trinajstić information content (AvgIpc) is 2.56. The van der Waals surface area contributed by atoms with Crippen molar-refractivity contribution < 1.29 is 5.11 Å². The van der Waals surface area contributed by atoms with Crippen LogP contribution in [0.1, 0.15) is 17.0 Å². The summed E-state index contributed by atoms with van der Waals surface area (Å²) in [5.74, 6) is 0.306. The second kappa shape index (κ2) is 4.31. The first-order valence-corrected chi connectivity index (χ1v) is 5.33. The predicted molar refractivity (Wildman–Crippen MR) is 65.1 cm³/mol. The molecule has 84 valence electrons. The number of nitrogens with one attached hydrogen (secondary N) is 1. The quantitative estimate of drug-likeness (QED) is 0.827. The molecule has 2 aromatic rings. The van der Waals surface area contributed by atoms with Crippen molar-refractivity contribution in [3.8, 4) is 5.75 Å². The van der Waals surface area contributed by atoms with Crippen LogP contribution < -0.4 is 5.43 Å². The molecule has 0 amide bonds. The highest BCUT2D eigenvalue weighted by molar-refractivity contribution is 5.28. The molecule has 0 saturated heterocycles. The molecule has 0 spiro atoms. The monoisotopic (exact) mass is 216 g/mol. The zero-order valence-electron chi connectivity index (χ0n) is 9.57. The van der Waals surface area contributed by atoms with Crippen LogP contribution in [-0.4, -0.2) is 9.78 Å². The number of phenols is 1. The van der Waals surface area contributed by atoms with E-state index in [0.29, 0.717) is 12.3 Å². The molecule has 3 heteroatoms. The molecule has 1 aromatic heterocycles. The number of phenolic OH excluding ortho intramolecular Hbond substituents is 1. The van der Waals surface area contributed by atoms with Gasteiger partial charge in [-0.1, -0.05) is 12.1 Å². The van der Waals surface area contributed by atoms with Crippen molar-refractivity contribution >= 4 is 0 Å². The van der Waals surface area contributed by atoms with Gasteiger partial charge in [0.25, 0.3) is 0 Å². The molecule has 1 aromatic carbocycles. The van der Waals surface area contributed by atoms with Gasteiger partial charge in [0.05, 0.1) is 6.54 Å². The standard InChI is InChI=1S/C13H16N2O/c1-10-6-7-11(2)15(10)14-9-12-4-3-5-13(16)8-12/h3-8,14,16H,9H2,1-2H3. The second-order valence-electron chi connectivity index (χ2n) is 3.96. The summed E-state index contributed by atoms with van der Waals surface area (Å²) < 4.78 is 2.05. The number of hydrogen-bond donors (Lipinski definition) is 2. The van der Waals surface area contributed by atoms with Gasteiger partial charge in [-0.3, -0.25) is 4.68 Å². The summed E-state index contributed by atoms with van der Waals surface area (Å²) in [4.78, 5) is 0. The Morgan fingerprint density at radius 2 is 1.81 bits per heavy atom. The van der Waals surface area contributed by atoms with Crippen LogP contribution in [0.25, 0.3) is 0 Å². The first-order valence-electron chi connectivity index (χ1n) is 5.33. The van der Waals surface area contributed by atoms with E-state index in [1.165, 1.54) is 11.4 Å². The number of aromatic hydroxyl groups is 1. The van der Waals surface area contributed by atoms with Crippen LogP contribution >= 0.6 is 0 Å². The summed E-state index contributed by atoms with van der Waals surface area (Å²) in [6.45, 7) is 4.82. The minimum absolute atomic E-state index is 0.306. The number of benzene rings is 1. The van der Waals surface area contributed by atoms with Crippen LogP contribution in [0.15, 0.2) is 36.4 Å². The Balaban J connectivity index is 2.08. The SMILES string of the molecule is Cc1ccc(C)n1NCc1cccc(O)c1. The Labute approximate surface area is 95.3 Å². The van der Waals surface area contributed by atoms with Gasteiger partial charge in [-0.05, 0) is 43.7 Å². The Morgan fingerprint density at radius 1 is 1.12 bits per heavy atom. The van der Waals surface area contributed by atoms with Crippen molar-refractivity contribution in [1.29, 1.82) is 0 Å². The molecule has 0 atom stereocenters. The van der Waals surface area contributed by atoms with Gasteiger partial charge in [0.2, 0.25) is 0 Å². The molecule has 0 bridgehead atoms. The van der Waals surface area contributed by atoms with E-state index >= 15 is 0 Å². The second-order valence-corrected chi connectivity index (χ2v) is 3.96. The number of nitrogens with zero attached hydrogens (tertiary/aromatic N) is 1. The molecule has 2 rings (SSSR count). The van der Waals surface area contributed by atoms with E-state index in [-0.39, 0.29) is 0 Å². The number of rotatable bonds is 3. The molecule has 0 saturated carbocycles. The normalized spacial score (nSPS) is 10.4.